The lowest BCUT2D eigenvalue weighted by Gasteiger charge is -2.12. The van der Waals surface area contributed by atoms with Gasteiger partial charge in [-0.1, -0.05) is 53.7 Å². The second kappa shape index (κ2) is 8.31. The lowest BCUT2D eigenvalue weighted by atomic mass is 10.2. The Morgan fingerprint density at radius 1 is 0.828 bits per heavy atom. The average Bonchev–Trinajstić information content (AvgIpc) is 3.13. The first kappa shape index (κ1) is 19.5. The fraction of sp³-hybridized carbons (Fsp3) is 0.0476. The van der Waals surface area contributed by atoms with Gasteiger partial charge in [-0.25, -0.2) is 13.2 Å². The number of benzene rings is 3. The third kappa shape index (κ3) is 4.02. The number of hydrogen-bond donors (Lipinski definition) is 0. The molecule has 0 amide bonds. The zero-order valence-corrected chi connectivity index (χ0v) is 16.4. The molecule has 0 fully saturated rings. The molecule has 1 heterocycles. The monoisotopic (exact) mass is 431 g/mol. The van der Waals surface area contributed by atoms with Crippen molar-refractivity contribution >= 4 is 23.4 Å². The number of hydrogen-bond acceptors (Lipinski definition) is 3. The average molecular weight is 432 g/mol. The van der Waals surface area contributed by atoms with Crippen molar-refractivity contribution in [1.82, 2.24) is 14.8 Å². The van der Waals surface area contributed by atoms with Crippen LogP contribution in [0.5, 0.6) is 0 Å². The molecular formula is C21H13ClF3N3S. The zero-order valence-electron chi connectivity index (χ0n) is 14.8. The van der Waals surface area contributed by atoms with Gasteiger partial charge in [-0.2, -0.15) is 0 Å². The highest BCUT2D eigenvalue weighted by atomic mass is 35.5. The van der Waals surface area contributed by atoms with Gasteiger partial charge in [-0.3, -0.25) is 4.57 Å². The molecule has 0 unspecified atom stereocenters. The zero-order chi connectivity index (χ0) is 20.4. The van der Waals surface area contributed by atoms with Crippen LogP contribution in [0.3, 0.4) is 0 Å². The van der Waals surface area contributed by atoms with Crippen LogP contribution in [-0.4, -0.2) is 14.8 Å². The van der Waals surface area contributed by atoms with E-state index in [4.69, 9.17) is 11.6 Å². The topological polar surface area (TPSA) is 30.7 Å². The molecule has 3 nitrogen and oxygen atoms in total. The van der Waals surface area contributed by atoms with Gasteiger partial charge in [0.1, 0.15) is 5.82 Å². The van der Waals surface area contributed by atoms with Crippen LogP contribution in [-0.2, 0) is 5.75 Å². The molecule has 0 saturated carbocycles. The molecule has 0 aliphatic carbocycles. The van der Waals surface area contributed by atoms with E-state index in [2.05, 4.69) is 10.2 Å². The first-order chi connectivity index (χ1) is 14.0. The van der Waals surface area contributed by atoms with Gasteiger partial charge >= 0.3 is 0 Å². The Labute approximate surface area is 174 Å². The number of halogens is 4. The molecule has 8 heteroatoms. The molecule has 0 aliphatic heterocycles. The first-order valence-corrected chi connectivity index (χ1v) is 9.93. The molecule has 0 spiro atoms. The molecule has 0 radical (unpaired) electrons. The van der Waals surface area contributed by atoms with E-state index >= 15 is 0 Å². The van der Waals surface area contributed by atoms with Gasteiger partial charge in [-0.15, -0.1) is 10.2 Å². The van der Waals surface area contributed by atoms with Crippen molar-refractivity contribution in [2.75, 3.05) is 0 Å². The highest BCUT2D eigenvalue weighted by Crippen LogP contribution is 2.33. The first-order valence-electron chi connectivity index (χ1n) is 8.56. The largest absolute Gasteiger partial charge is 0.267 e. The summed E-state index contributed by atoms with van der Waals surface area (Å²) in [6.45, 7) is 0. The van der Waals surface area contributed by atoms with E-state index in [-0.39, 0.29) is 5.69 Å². The second-order valence-electron chi connectivity index (χ2n) is 6.11. The van der Waals surface area contributed by atoms with Gasteiger partial charge in [0.25, 0.3) is 0 Å². The van der Waals surface area contributed by atoms with Crippen molar-refractivity contribution in [3.8, 4) is 17.1 Å². The lowest BCUT2D eigenvalue weighted by Crippen LogP contribution is -2.02. The van der Waals surface area contributed by atoms with E-state index in [1.54, 1.807) is 47.0 Å². The lowest BCUT2D eigenvalue weighted by molar-refractivity contribution is 0.507. The van der Waals surface area contributed by atoms with Gasteiger partial charge in [-0.05, 0) is 42.0 Å². The van der Waals surface area contributed by atoms with Gasteiger partial charge in [0.05, 0.1) is 10.7 Å². The molecule has 4 aromatic rings. The summed E-state index contributed by atoms with van der Waals surface area (Å²) >= 11 is 7.54. The Bertz CT molecular complexity index is 1180. The van der Waals surface area contributed by atoms with Crippen molar-refractivity contribution in [2.24, 2.45) is 0 Å². The van der Waals surface area contributed by atoms with Crippen LogP contribution in [0.15, 0.2) is 71.9 Å². The van der Waals surface area contributed by atoms with Crippen LogP contribution in [0, 0.1) is 17.5 Å². The summed E-state index contributed by atoms with van der Waals surface area (Å²) in [4.78, 5) is 0. The van der Waals surface area contributed by atoms with Crippen LogP contribution in [0.4, 0.5) is 13.2 Å². The maximum atomic E-state index is 14.6. The van der Waals surface area contributed by atoms with Gasteiger partial charge in [0.15, 0.2) is 22.6 Å². The predicted molar refractivity (Wildman–Crippen MR) is 108 cm³/mol. The fourth-order valence-corrected chi connectivity index (χ4v) is 3.92. The minimum Gasteiger partial charge on any atom is -0.267 e. The van der Waals surface area contributed by atoms with E-state index in [9.17, 15) is 13.2 Å². The van der Waals surface area contributed by atoms with Crippen LogP contribution >= 0.6 is 23.4 Å². The molecule has 0 aliphatic rings. The standard InChI is InChI=1S/C21H13ClF3N3S/c22-15-6-2-1-5-14(15)20-26-27-21(28(20)19-8-4-3-7-17(19)24)29-12-13-9-10-16(23)18(25)11-13/h1-11H,12H2. The van der Waals surface area contributed by atoms with Gasteiger partial charge in [0, 0.05) is 11.3 Å². The maximum absolute atomic E-state index is 14.6. The molecule has 0 N–H and O–H groups in total. The second-order valence-corrected chi connectivity index (χ2v) is 7.46. The number of thioether (sulfide) groups is 1. The molecule has 0 saturated heterocycles. The Morgan fingerprint density at radius 2 is 1.59 bits per heavy atom. The van der Waals surface area contributed by atoms with E-state index in [1.807, 2.05) is 0 Å². The summed E-state index contributed by atoms with van der Waals surface area (Å²) in [5.74, 6) is -1.60. The Kier molecular flexibility index (Phi) is 5.60. The van der Waals surface area contributed by atoms with Gasteiger partial charge < -0.3 is 0 Å². The minimum atomic E-state index is -0.921. The molecule has 29 heavy (non-hydrogen) atoms. The highest BCUT2D eigenvalue weighted by molar-refractivity contribution is 7.98. The van der Waals surface area contributed by atoms with Crippen molar-refractivity contribution < 1.29 is 13.2 Å². The number of aromatic nitrogens is 3. The van der Waals surface area contributed by atoms with Crippen molar-refractivity contribution in [3.05, 3.63) is 94.8 Å². The predicted octanol–water partition coefficient (Wildman–Crippen LogP) is 6.30. The quantitative estimate of drug-likeness (QED) is 0.347. The fourth-order valence-electron chi connectivity index (χ4n) is 2.81. The van der Waals surface area contributed by atoms with E-state index in [0.717, 1.165) is 12.1 Å². The Balaban J connectivity index is 1.77. The summed E-state index contributed by atoms with van der Waals surface area (Å²) in [5, 5.41) is 9.26. The molecule has 1 aromatic heterocycles. The third-order valence-electron chi connectivity index (χ3n) is 4.19. The summed E-state index contributed by atoms with van der Waals surface area (Å²) in [7, 11) is 0. The normalized spacial score (nSPS) is 11.0. The molecule has 3 aromatic carbocycles. The number of nitrogens with zero attached hydrogens (tertiary/aromatic N) is 3. The van der Waals surface area contributed by atoms with Crippen LogP contribution in [0.25, 0.3) is 17.1 Å². The Hall–Kier alpha value is -2.77. The molecule has 0 atom stereocenters. The highest BCUT2D eigenvalue weighted by Gasteiger charge is 2.20. The minimum absolute atomic E-state index is 0.264. The van der Waals surface area contributed by atoms with Crippen molar-refractivity contribution in [1.29, 1.82) is 0 Å². The summed E-state index contributed by atoms with van der Waals surface area (Å²) in [6.07, 6.45) is 0. The maximum Gasteiger partial charge on any atom is 0.196 e. The molecule has 0 bridgehead atoms. The van der Waals surface area contributed by atoms with Gasteiger partial charge in [0.2, 0.25) is 0 Å². The van der Waals surface area contributed by atoms with Crippen LogP contribution in [0.1, 0.15) is 5.56 Å². The summed E-state index contributed by atoms with van der Waals surface area (Å²) < 4.78 is 42.8. The number of para-hydroxylation sites is 1. The summed E-state index contributed by atoms with van der Waals surface area (Å²) in [6, 6.07) is 17.0. The van der Waals surface area contributed by atoms with E-state index in [1.165, 1.54) is 23.9 Å². The molecular weight excluding hydrogens is 419 g/mol. The van der Waals surface area contributed by atoms with Crippen molar-refractivity contribution in [2.45, 2.75) is 10.9 Å². The Morgan fingerprint density at radius 3 is 2.34 bits per heavy atom. The number of rotatable bonds is 5. The van der Waals surface area contributed by atoms with E-state index < -0.39 is 17.5 Å². The third-order valence-corrected chi connectivity index (χ3v) is 5.52. The SMILES string of the molecule is Fc1ccc(CSc2nnc(-c3ccccc3Cl)n2-c2ccccc2F)cc1F. The van der Waals surface area contributed by atoms with Crippen LogP contribution in [0.2, 0.25) is 5.02 Å². The molecule has 4 rings (SSSR count). The van der Waals surface area contributed by atoms with Crippen molar-refractivity contribution in [3.63, 3.8) is 0 Å². The van der Waals surface area contributed by atoms with Crippen LogP contribution < -0.4 is 0 Å². The smallest absolute Gasteiger partial charge is 0.196 e. The van der Waals surface area contributed by atoms with E-state index in [0.29, 0.717) is 32.9 Å². The summed E-state index contributed by atoms with van der Waals surface area (Å²) in [5.41, 5.74) is 1.43. The molecule has 146 valence electrons.